The molecular weight excluding hydrogens is 262 g/mol. The Morgan fingerprint density at radius 2 is 2.42 bits per heavy atom. The molecule has 2 rings (SSSR count). The number of aromatic nitrogens is 1. The van der Waals surface area contributed by atoms with Crippen molar-refractivity contribution >= 4 is 17.5 Å². The highest BCUT2D eigenvalue weighted by atomic mass is 35.5. The zero-order chi connectivity index (χ0) is 13.7. The molecule has 0 aliphatic carbocycles. The number of amides is 1. The maximum atomic E-state index is 12.6. The van der Waals surface area contributed by atoms with E-state index < -0.39 is 0 Å². The number of pyridine rings is 1. The molecule has 1 aliphatic heterocycles. The molecule has 1 saturated heterocycles. The lowest BCUT2D eigenvalue weighted by atomic mass is 9.98. The van der Waals surface area contributed by atoms with Gasteiger partial charge in [0.15, 0.2) is 0 Å². The van der Waals surface area contributed by atoms with Crippen LogP contribution in [0.25, 0.3) is 0 Å². The van der Waals surface area contributed by atoms with Crippen LogP contribution in [-0.4, -0.2) is 42.0 Å². The second-order valence-electron chi connectivity index (χ2n) is 4.90. The number of piperidine rings is 1. The average Bonchev–Trinajstić information content (AvgIpc) is 2.45. The van der Waals surface area contributed by atoms with Crippen LogP contribution in [-0.2, 0) is 0 Å². The van der Waals surface area contributed by atoms with E-state index in [-0.39, 0.29) is 5.91 Å². The molecule has 1 aliphatic rings. The fourth-order valence-electron chi connectivity index (χ4n) is 2.58. The van der Waals surface area contributed by atoms with Crippen LogP contribution < -0.4 is 5.32 Å². The summed E-state index contributed by atoms with van der Waals surface area (Å²) in [6, 6.07) is 2.02. The molecular formula is C14H20ClN3O. The lowest BCUT2D eigenvalue weighted by Gasteiger charge is -2.36. The van der Waals surface area contributed by atoms with Crippen molar-refractivity contribution in [3.8, 4) is 0 Å². The third kappa shape index (κ3) is 3.45. The summed E-state index contributed by atoms with van der Waals surface area (Å²) in [6.07, 6.45) is 7.49. The maximum Gasteiger partial charge on any atom is 0.255 e. The third-order valence-corrected chi connectivity index (χ3v) is 3.92. The Hall–Kier alpha value is -1.13. The van der Waals surface area contributed by atoms with Gasteiger partial charge in [-0.3, -0.25) is 9.78 Å². The van der Waals surface area contributed by atoms with Gasteiger partial charge in [0.25, 0.3) is 5.91 Å². The van der Waals surface area contributed by atoms with E-state index >= 15 is 0 Å². The molecule has 1 unspecified atom stereocenters. The summed E-state index contributed by atoms with van der Waals surface area (Å²) in [6.45, 7) is 1.75. The Labute approximate surface area is 119 Å². The van der Waals surface area contributed by atoms with Crippen LogP contribution in [0.4, 0.5) is 0 Å². The minimum absolute atomic E-state index is 0.0354. The van der Waals surface area contributed by atoms with E-state index in [1.54, 1.807) is 12.3 Å². The SMILES string of the molecule is CNCCC1CCCCN1C(=O)c1ccncc1Cl. The first-order valence-corrected chi connectivity index (χ1v) is 7.17. The molecule has 0 spiro atoms. The largest absolute Gasteiger partial charge is 0.336 e. The molecule has 1 fully saturated rings. The van der Waals surface area contributed by atoms with E-state index in [1.807, 2.05) is 11.9 Å². The molecule has 1 aromatic rings. The highest BCUT2D eigenvalue weighted by molar-refractivity contribution is 6.33. The monoisotopic (exact) mass is 281 g/mol. The Kier molecular flexibility index (Phi) is 5.16. The van der Waals surface area contributed by atoms with E-state index in [9.17, 15) is 4.79 Å². The fraction of sp³-hybridized carbons (Fsp3) is 0.571. The van der Waals surface area contributed by atoms with Crippen LogP contribution in [0, 0.1) is 0 Å². The highest BCUT2D eigenvalue weighted by Crippen LogP contribution is 2.24. The van der Waals surface area contributed by atoms with E-state index in [4.69, 9.17) is 11.6 Å². The normalized spacial score (nSPS) is 19.5. The van der Waals surface area contributed by atoms with Crippen molar-refractivity contribution in [2.45, 2.75) is 31.7 Å². The Morgan fingerprint density at radius 3 is 3.16 bits per heavy atom. The number of carbonyl (C=O) groups is 1. The molecule has 104 valence electrons. The summed E-state index contributed by atoms with van der Waals surface area (Å²) in [4.78, 5) is 18.5. The van der Waals surface area contributed by atoms with Gasteiger partial charge in [-0.05, 0) is 45.3 Å². The summed E-state index contributed by atoms with van der Waals surface area (Å²) in [5.41, 5.74) is 0.563. The zero-order valence-corrected chi connectivity index (χ0v) is 12.0. The van der Waals surface area contributed by atoms with Gasteiger partial charge in [0.1, 0.15) is 0 Å². The second-order valence-corrected chi connectivity index (χ2v) is 5.30. The fourth-order valence-corrected chi connectivity index (χ4v) is 2.78. The van der Waals surface area contributed by atoms with Gasteiger partial charge in [-0.1, -0.05) is 11.6 Å². The third-order valence-electron chi connectivity index (χ3n) is 3.62. The summed E-state index contributed by atoms with van der Waals surface area (Å²) >= 11 is 6.07. The lowest BCUT2D eigenvalue weighted by Crippen LogP contribution is -2.44. The van der Waals surface area contributed by atoms with Gasteiger partial charge < -0.3 is 10.2 Å². The number of hydrogen-bond donors (Lipinski definition) is 1. The van der Waals surface area contributed by atoms with Crippen molar-refractivity contribution in [3.63, 3.8) is 0 Å². The van der Waals surface area contributed by atoms with E-state index in [0.29, 0.717) is 16.6 Å². The topological polar surface area (TPSA) is 45.2 Å². The molecule has 19 heavy (non-hydrogen) atoms. The van der Waals surface area contributed by atoms with Crippen LogP contribution in [0.15, 0.2) is 18.5 Å². The molecule has 1 N–H and O–H groups in total. The molecule has 2 heterocycles. The van der Waals surface area contributed by atoms with Gasteiger partial charge in [-0.25, -0.2) is 0 Å². The number of hydrogen-bond acceptors (Lipinski definition) is 3. The summed E-state index contributed by atoms with van der Waals surface area (Å²) in [5.74, 6) is 0.0354. The number of nitrogens with one attached hydrogen (secondary N) is 1. The van der Waals surface area contributed by atoms with E-state index in [2.05, 4.69) is 10.3 Å². The number of rotatable bonds is 4. The molecule has 4 nitrogen and oxygen atoms in total. The number of nitrogens with zero attached hydrogens (tertiary/aromatic N) is 2. The van der Waals surface area contributed by atoms with Crippen molar-refractivity contribution < 1.29 is 4.79 Å². The molecule has 1 atom stereocenters. The minimum atomic E-state index is 0.0354. The summed E-state index contributed by atoms with van der Waals surface area (Å²) < 4.78 is 0. The lowest BCUT2D eigenvalue weighted by molar-refractivity contribution is 0.0602. The first-order chi connectivity index (χ1) is 9.24. The molecule has 5 heteroatoms. The first kappa shape index (κ1) is 14.3. The summed E-state index contributed by atoms with van der Waals surface area (Å²) in [7, 11) is 1.94. The van der Waals surface area contributed by atoms with Crippen LogP contribution in [0.5, 0.6) is 0 Å². The van der Waals surface area contributed by atoms with E-state index in [1.165, 1.54) is 12.6 Å². The molecule has 0 aromatic carbocycles. The van der Waals surface area contributed by atoms with E-state index in [0.717, 1.165) is 32.4 Å². The predicted octanol–water partition coefficient (Wildman–Crippen LogP) is 2.34. The highest BCUT2D eigenvalue weighted by Gasteiger charge is 2.27. The van der Waals surface area contributed by atoms with Gasteiger partial charge in [-0.2, -0.15) is 0 Å². The molecule has 1 amide bonds. The Balaban J connectivity index is 2.13. The second kappa shape index (κ2) is 6.87. The Morgan fingerprint density at radius 1 is 1.58 bits per heavy atom. The first-order valence-electron chi connectivity index (χ1n) is 6.79. The van der Waals surface area contributed by atoms with Crippen molar-refractivity contribution in [2.75, 3.05) is 20.1 Å². The smallest absolute Gasteiger partial charge is 0.255 e. The number of carbonyl (C=O) groups excluding carboxylic acids is 1. The average molecular weight is 282 g/mol. The van der Waals surface area contributed by atoms with Crippen LogP contribution in [0.3, 0.4) is 0 Å². The van der Waals surface area contributed by atoms with Crippen LogP contribution in [0.2, 0.25) is 5.02 Å². The van der Waals surface area contributed by atoms with Gasteiger partial charge in [0.05, 0.1) is 10.6 Å². The minimum Gasteiger partial charge on any atom is -0.336 e. The van der Waals surface area contributed by atoms with Crippen LogP contribution in [0.1, 0.15) is 36.0 Å². The van der Waals surface area contributed by atoms with Crippen LogP contribution >= 0.6 is 11.6 Å². The van der Waals surface area contributed by atoms with Gasteiger partial charge >= 0.3 is 0 Å². The van der Waals surface area contributed by atoms with Gasteiger partial charge in [0.2, 0.25) is 0 Å². The maximum absolute atomic E-state index is 12.6. The molecule has 0 bridgehead atoms. The van der Waals surface area contributed by atoms with Gasteiger partial charge in [-0.15, -0.1) is 0 Å². The van der Waals surface area contributed by atoms with Crippen molar-refractivity contribution in [2.24, 2.45) is 0 Å². The standard InChI is InChI=1S/C14H20ClN3O/c1-16-7-5-11-4-2-3-9-18(11)14(19)12-6-8-17-10-13(12)15/h6,8,10-11,16H,2-5,7,9H2,1H3. The molecule has 0 saturated carbocycles. The molecule has 0 radical (unpaired) electrons. The number of halogens is 1. The van der Waals surface area contributed by atoms with Crippen molar-refractivity contribution in [1.29, 1.82) is 0 Å². The van der Waals surface area contributed by atoms with Crippen molar-refractivity contribution in [3.05, 3.63) is 29.0 Å². The zero-order valence-electron chi connectivity index (χ0n) is 11.2. The molecule has 1 aromatic heterocycles. The summed E-state index contributed by atoms with van der Waals surface area (Å²) in [5, 5.41) is 3.59. The van der Waals surface area contributed by atoms with Crippen molar-refractivity contribution in [1.82, 2.24) is 15.2 Å². The van der Waals surface area contributed by atoms with Gasteiger partial charge in [0, 0.05) is 25.0 Å². The predicted molar refractivity (Wildman–Crippen MR) is 76.5 cm³/mol. The number of likely N-dealkylation sites (tertiary alicyclic amines) is 1. The Bertz CT molecular complexity index is 438. The quantitative estimate of drug-likeness (QED) is 0.921.